The second kappa shape index (κ2) is 12.7. The zero-order chi connectivity index (χ0) is 33.5. The molecule has 1 aliphatic rings. The Hall–Kier alpha value is -4.94. The second-order valence-electron chi connectivity index (χ2n) is 13.0. The van der Waals surface area contributed by atoms with Crippen LogP contribution in [0.25, 0.3) is 16.6 Å². The van der Waals surface area contributed by atoms with Gasteiger partial charge in [-0.3, -0.25) is 9.48 Å². The Morgan fingerprint density at radius 3 is 2.51 bits per heavy atom. The molecule has 1 fully saturated rings. The molecule has 0 bridgehead atoms. The fourth-order valence-corrected chi connectivity index (χ4v) is 6.19. The second-order valence-corrected chi connectivity index (χ2v) is 13.0. The van der Waals surface area contributed by atoms with E-state index in [9.17, 15) is 9.18 Å². The molecule has 1 aliphatic heterocycles. The zero-order valence-electron chi connectivity index (χ0n) is 27.9. The number of nitrogens with zero attached hydrogens (tertiary/aromatic N) is 7. The molecule has 6 rings (SSSR count). The average molecular weight is 645 g/mol. The van der Waals surface area contributed by atoms with E-state index in [1.54, 1.807) is 31.0 Å². The molecule has 4 heterocycles. The van der Waals surface area contributed by atoms with Crippen molar-refractivity contribution in [1.82, 2.24) is 29.4 Å². The minimum atomic E-state index is -0.601. The van der Waals surface area contributed by atoms with Crippen LogP contribution in [0.1, 0.15) is 64.3 Å². The van der Waals surface area contributed by atoms with Crippen molar-refractivity contribution < 1.29 is 23.4 Å². The number of aromatic nitrogens is 6. The normalized spacial score (nSPS) is 17.0. The Morgan fingerprint density at radius 1 is 1.02 bits per heavy atom. The number of amides is 1. The fourth-order valence-electron chi connectivity index (χ4n) is 6.19. The molecule has 0 spiro atoms. The summed E-state index contributed by atoms with van der Waals surface area (Å²) in [4.78, 5) is 25.8. The molecule has 0 saturated carbocycles. The Balaban J connectivity index is 1.40. The maximum atomic E-state index is 15.0. The van der Waals surface area contributed by atoms with E-state index in [0.717, 1.165) is 30.6 Å². The molecular weight excluding hydrogens is 603 g/mol. The molecule has 3 aromatic heterocycles. The molecular formula is C34H41FN8O4. The van der Waals surface area contributed by atoms with E-state index in [4.69, 9.17) is 29.3 Å². The predicted molar refractivity (Wildman–Crippen MR) is 177 cm³/mol. The van der Waals surface area contributed by atoms with E-state index in [2.05, 4.69) is 38.1 Å². The van der Waals surface area contributed by atoms with Crippen LogP contribution >= 0.6 is 0 Å². The molecule has 2 unspecified atom stereocenters. The lowest BCUT2D eigenvalue weighted by molar-refractivity contribution is -0.122. The van der Waals surface area contributed by atoms with Crippen LogP contribution in [-0.2, 0) is 17.9 Å². The predicted octanol–water partition coefficient (Wildman–Crippen LogP) is 5.99. The van der Waals surface area contributed by atoms with Crippen LogP contribution in [0, 0.1) is 11.2 Å². The van der Waals surface area contributed by atoms with E-state index in [0.29, 0.717) is 52.8 Å². The number of carbonyl (C=O) groups excluding carboxylic acids is 1. The summed E-state index contributed by atoms with van der Waals surface area (Å²) in [6.07, 6.45) is 5.86. The third-order valence-electron chi connectivity index (χ3n) is 8.50. The number of fused-ring (bicyclic) bond motifs is 3. The van der Waals surface area contributed by atoms with Gasteiger partial charge in [0.2, 0.25) is 11.9 Å². The average Bonchev–Trinajstić information content (AvgIpc) is 3.70. The standard InChI is InChI=1S/C34H41FN8O4/c1-8-21-10-12-24(32(44)42(21)22-17-37-41(18-22)19-34(2,3)4)30-39-31-25-14-26(35)29(47-7)15-27(25)38-33(43(31)40-30)36-16-20-9-11-23(45-5)13-28(20)46-6/h9,11,13-15,17-18,21,24H,8,10,12,16,19H2,1-7H3,(H,36,38). The molecule has 1 saturated heterocycles. The molecule has 0 aliphatic carbocycles. The molecule has 13 heteroatoms. The highest BCUT2D eigenvalue weighted by atomic mass is 19.1. The molecule has 248 valence electrons. The topological polar surface area (TPSA) is 121 Å². The van der Waals surface area contributed by atoms with Crippen molar-refractivity contribution in [1.29, 1.82) is 0 Å². The Bertz CT molecular complexity index is 1930. The molecule has 1 N–H and O–H groups in total. The van der Waals surface area contributed by atoms with Crippen molar-refractivity contribution in [3.63, 3.8) is 0 Å². The number of halogens is 1. The lowest BCUT2D eigenvalue weighted by Crippen LogP contribution is -2.47. The van der Waals surface area contributed by atoms with Crippen molar-refractivity contribution in [2.75, 3.05) is 31.5 Å². The highest BCUT2D eigenvalue weighted by molar-refractivity contribution is 5.99. The lowest BCUT2D eigenvalue weighted by Gasteiger charge is -2.37. The van der Waals surface area contributed by atoms with Gasteiger partial charge in [-0.25, -0.2) is 14.4 Å². The largest absolute Gasteiger partial charge is 0.497 e. The van der Waals surface area contributed by atoms with Crippen molar-refractivity contribution in [3.05, 3.63) is 59.9 Å². The molecule has 2 aromatic carbocycles. The van der Waals surface area contributed by atoms with Crippen molar-refractivity contribution in [2.24, 2.45) is 5.41 Å². The first-order valence-electron chi connectivity index (χ1n) is 15.8. The molecule has 47 heavy (non-hydrogen) atoms. The third-order valence-corrected chi connectivity index (χ3v) is 8.50. The number of benzene rings is 2. The highest BCUT2D eigenvalue weighted by Gasteiger charge is 2.39. The lowest BCUT2D eigenvalue weighted by atomic mass is 9.90. The van der Waals surface area contributed by atoms with Crippen molar-refractivity contribution in [2.45, 2.75) is 72.0 Å². The van der Waals surface area contributed by atoms with Gasteiger partial charge in [0.25, 0.3) is 0 Å². The first kappa shape index (κ1) is 32.0. The number of anilines is 2. The summed E-state index contributed by atoms with van der Waals surface area (Å²) in [7, 11) is 4.60. The smallest absolute Gasteiger partial charge is 0.238 e. The first-order chi connectivity index (χ1) is 22.5. The molecule has 5 aromatic rings. The number of hydrogen-bond donors (Lipinski definition) is 1. The quantitative estimate of drug-likeness (QED) is 0.196. The van der Waals surface area contributed by atoms with Gasteiger partial charge in [0.05, 0.1) is 38.7 Å². The van der Waals surface area contributed by atoms with E-state index in [-0.39, 0.29) is 23.1 Å². The molecule has 1 amide bonds. The Labute approximate surface area is 272 Å². The third kappa shape index (κ3) is 6.26. The number of nitrogens with one attached hydrogen (secondary N) is 1. The summed E-state index contributed by atoms with van der Waals surface area (Å²) in [5.41, 5.74) is 2.50. The van der Waals surface area contributed by atoms with Gasteiger partial charge >= 0.3 is 0 Å². The monoisotopic (exact) mass is 644 g/mol. The van der Waals surface area contributed by atoms with Crippen LogP contribution in [0.5, 0.6) is 17.2 Å². The number of ether oxygens (including phenoxy) is 3. The van der Waals surface area contributed by atoms with Crippen LogP contribution < -0.4 is 24.4 Å². The van der Waals surface area contributed by atoms with Gasteiger partial charge in [-0.05, 0) is 42.9 Å². The number of piperidine rings is 1. The van der Waals surface area contributed by atoms with Crippen LogP contribution in [0.3, 0.4) is 0 Å². The minimum absolute atomic E-state index is 0.0313. The molecule has 2 atom stereocenters. The van der Waals surface area contributed by atoms with Gasteiger partial charge in [0, 0.05) is 48.4 Å². The van der Waals surface area contributed by atoms with Gasteiger partial charge in [-0.2, -0.15) is 9.61 Å². The van der Waals surface area contributed by atoms with E-state index in [1.165, 1.54) is 19.2 Å². The summed E-state index contributed by atoms with van der Waals surface area (Å²) in [6.45, 7) is 9.60. The summed E-state index contributed by atoms with van der Waals surface area (Å²) < 4.78 is 34.6. The Morgan fingerprint density at radius 2 is 1.81 bits per heavy atom. The summed E-state index contributed by atoms with van der Waals surface area (Å²) >= 11 is 0. The zero-order valence-corrected chi connectivity index (χ0v) is 27.9. The van der Waals surface area contributed by atoms with Gasteiger partial charge in [-0.1, -0.05) is 27.7 Å². The fraction of sp³-hybridized carbons (Fsp3) is 0.441. The van der Waals surface area contributed by atoms with E-state index < -0.39 is 11.7 Å². The number of hydrogen-bond acceptors (Lipinski definition) is 9. The van der Waals surface area contributed by atoms with Gasteiger partial charge in [-0.15, -0.1) is 5.10 Å². The van der Waals surface area contributed by atoms with Crippen LogP contribution in [-0.4, -0.2) is 62.6 Å². The van der Waals surface area contributed by atoms with Crippen molar-refractivity contribution >= 4 is 34.1 Å². The Kier molecular flexibility index (Phi) is 8.64. The summed E-state index contributed by atoms with van der Waals surface area (Å²) in [5, 5.41) is 13.2. The van der Waals surface area contributed by atoms with Crippen molar-refractivity contribution in [3.8, 4) is 17.2 Å². The molecule has 0 radical (unpaired) electrons. The summed E-state index contributed by atoms with van der Waals surface area (Å²) in [5.74, 6) is 0.863. The van der Waals surface area contributed by atoms with Gasteiger partial charge in [0.1, 0.15) is 17.4 Å². The van der Waals surface area contributed by atoms with Gasteiger partial charge in [0.15, 0.2) is 23.0 Å². The number of methoxy groups -OCH3 is 3. The van der Waals surface area contributed by atoms with E-state index in [1.807, 2.05) is 27.9 Å². The van der Waals surface area contributed by atoms with E-state index >= 15 is 0 Å². The molecule has 12 nitrogen and oxygen atoms in total. The van der Waals surface area contributed by atoms with Gasteiger partial charge < -0.3 is 24.4 Å². The first-order valence-corrected chi connectivity index (χ1v) is 15.8. The summed E-state index contributed by atoms with van der Waals surface area (Å²) in [6, 6.07) is 8.46. The van der Waals surface area contributed by atoms with Crippen LogP contribution in [0.15, 0.2) is 42.7 Å². The maximum Gasteiger partial charge on any atom is 0.238 e. The van der Waals surface area contributed by atoms with Crippen LogP contribution in [0.4, 0.5) is 16.0 Å². The maximum absolute atomic E-state index is 15.0. The van der Waals surface area contributed by atoms with Crippen LogP contribution in [0.2, 0.25) is 0 Å². The number of rotatable bonds is 10. The highest BCUT2D eigenvalue weighted by Crippen LogP contribution is 2.36. The number of carbonyl (C=O) groups is 1. The SMILES string of the molecule is CCC1CCC(c2nc3c4cc(F)c(OC)cc4nc(NCc4ccc(OC)cc4OC)n3n2)C(=O)N1c1cnn(CC(C)(C)C)c1. The minimum Gasteiger partial charge on any atom is -0.497 e.